The lowest BCUT2D eigenvalue weighted by Gasteiger charge is -2.18. The van der Waals surface area contributed by atoms with Gasteiger partial charge in [-0.15, -0.1) is 0 Å². The first kappa shape index (κ1) is 19.4. The zero-order chi connectivity index (χ0) is 18.7. The normalized spacial score (nSPS) is 11.9. The number of rotatable bonds is 6. The summed E-state index contributed by atoms with van der Waals surface area (Å²) in [5, 5.41) is 22.1. The van der Waals surface area contributed by atoms with Crippen LogP contribution in [0.25, 0.3) is 0 Å². The largest absolute Gasteiger partial charge is 0.481 e. The lowest BCUT2D eigenvalue weighted by Crippen LogP contribution is -2.32. The van der Waals surface area contributed by atoms with Gasteiger partial charge in [-0.3, -0.25) is 19.7 Å². The molecule has 1 aromatic rings. The summed E-state index contributed by atoms with van der Waals surface area (Å²) < 4.78 is 37.8. The number of hydrogen-bond donors (Lipinski definition) is 2. The number of nitrogens with zero attached hydrogens (tertiary/aromatic N) is 1. The van der Waals surface area contributed by atoms with Crippen molar-refractivity contribution >= 4 is 17.6 Å². The van der Waals surface area contributed by atoms with E-state index >= 15 is 0 Å². The molecule has 0 saturated carbocycles. The molecule has 10 heteroatoms. The second kappa shape index (κ2) is 6.85. The van der Waals surface area contributed by atoms with Crippen LogP contribution in [0, 0.1) is 15.5 Å². The predicted molar refractivity (Wildman–Crippen MR) is 76.5 cm³/mol. The van der Waals surface area contributed by atoms with Crippen molar-refractivity contribution in [1.29, 1.82) is 0 Å². The van der Waals surface area contributed by atoms with Crippen molar-refractivity contribution in [3.05, 3.63) is 39.4 Å². The van der Waals surface area contributed by atoms with Crippen molar-refractivity contribution < 1.29 is 32.8 Å². The zero-order valence-corrected chi connectivity index (χ0v) is 12.8. The standard InChI is InChI=1S/C14H15F3N2O5/c1-13(2,12(21)22)5-6-18-11(20)9-4-3-8(14(15,16)17)7-10(9)19(23)24/h3-4,7H,5-6H2,1-2H3,(H,18,20)(H,21,22). The highest BCUT2D eigenvalue weighted by atomic mass is 19.4. The summed E-state index contributed by atoms with van der Waals surface area (Å²) in [6.45, 7) is 2.76. The van der Waals surface area contributed by atoms with Gasteiger partial charge in [0.2, 0.25) is 0 Å². The molecule has 0 aliphatic carbocycles. The summed E-state index contributed by atoms with van der Waals surface area (Å²) in [4.78, 5) is 32.7. The number of carbonyl (C=O) groups excluding carboxylic acids is 1. The van der Waals surface area contributed by atoms with E-state index in [-0.39, 0.29) is 19.0 Å². The number of nitrogens with one attached hydrogen (secondary N) is 1. The number of aliphatic carboxylic acids is 1. The minimum atomic E-state index is -4.77. The van der Waals surface area contributed by atoms with Gasteiger partial charge >= 0.3 is 12.1 Å². The Kier molecular flexibility index (Phi) is 5.54. The summed E-state index contributed by atoms with van der Waals surface area (Å²) in [6.07, 6.45) is -4.73. The highest BCUT2D eigenvalue weighted by Gasteiger charge is 2.34. The van der Waals surface area contributed by atoms with Gasteiger partial charge < -0.3 is 10.4 Å². The van der Waals surface area contributed by atoms with E-state index in [1.807, 2.05) is 0 Å². The second-order valence-corrected chi connectivity index (χ2v) is 5.68. The van der Waals surface area contributed by atoms with Crippen LogP contribution in [0.3, 0.4) is 0 Å². The molecule has 1 rings (SSSR count). The summed E-state index contributed by atoms with van der Waals surface area (Å²) in [7, 11) is 0. The molecule has 2 N–H and O–H groups in total. The monoisotopic (exact) mass is 348 g/mol. The van der Waals surface area contributed by atoms with Gasteiger partial charge in [0.05, 0.1) is 15.9 Å². The Morgan fingerprint density at radius 3 is 2.33 bits per heavy atom. The average molecular weight is 348 g/mol. The maximum absolute atomic E-state index is 12.6. The third-order valence-electron chi connectivity index (χ3n) is 3.38. The van der Waals surface area contributed by atoms with E-state index in [0.29, 0.717) is 6.07 Å². The smallest absolute Gasteiger partial charge is 0.416 e. The van der Waals surface area contributed by atoms with Crippen molar-refractivity contribution in [1.82, 2.24) is 5.32 Å². The number of hydrogen-bond acceptors (Lipinski definition) is 4. The Hall–Kier alpha value is -2.65. The van der Waals surface area contributed by atoms with E-state index in [9.17, 15) is 32.9 Å². The molecule has 24 heavy (non-hydrogen) atoms. The molecule has 0 aromatic heterocycles. The van der Waals surface area contributed by atoms with Crippen molar-refractivity contribution in [3.8, 4) is 0 Å². The van der Waals surface area contributed by atoms with Crippen LogP contribution in [0.1, 0.15) is 36.2 Å². The molecular weight excluding hydrogens is 333 g/mol. The molecule has 0 fully saturated rings. The maximum atomic E-state index is 12.6. The minimum absolute atomic E-state index is 0.0442. The van der Waals surface area contributed by atoms with Gasteiger partial charge in [-0.2, -0.15) is 13.2 Å². The Bertz CT molecular complexity index is 671. The quantitative estimate of drug-likeness (QED) is 0.607. The fraction of sp³-hybridized carbons (Fsp3) is 0.429. The molecule has 0 radical (unpaired) electrons. The van der Waals surface area contributed by atoms with Crippen LogP contribution in [-0.2, 0) is 11.0 Å². The highest BCUT2D eigenvalue weighted by Crippen LogP contribution is 2.33. The van der Waals surface area contributed by atoms with Crippen LogP contribution in [0.15, 0.2) is 18.2 Å². The number of benzene rings is 1. The van der Waals surface area contributed by atoms with Crippen LogP contribution in [0.4, 0.5) is 18.9 Å². The van der Waals surface area contributed by atoms with Gasteiger partial charge in [0.15, 0.2) is 0 Å². The van der Waals surface area contributed by atoms with Crippen molar-refractivity contribution in [2.45, 2.75) is 26.4 Å². The maximum Gasteiger partial charge on any atom is 0.416 e. The van der Waals surface area contributed by atoms with Gasteiger partial charge in [-0.1, -0.05) is 0 Å². The topological polar surface area (TPSA) is 110 Å². The third kappa shape index (κ3) is 4.67. The first-order valence-electron chi connectivity index (χ1n) is 6.73. The molecule has 7 nitrogen and oxygen atoms in total. The Labute approximate surface area is 134 Å². The Balaban J connectivity index is 2.95. The number of halogens is 3. The van der Waals surface area contributed by atoms with E-state index in [4.69, 9.17) is 5.11 Å². The number of alkyl halides is 3. The van der Waals surface area contributed by atoms with Gasteiger partial charge in [-0.25, -0.2) is 0 Å². The number of carboxylic acids is 1. The van der Waals surface area contributed by atoms with Crippen LogP contribution in [0.2, 0.25) is 0 Å². The number of nitro groups is 1. The fourth-order valence-corrected chi connectivity index (χ4v) is 1.74. The van der Waals surface area contributed by atoms with Crippen molar-refractivity contribution in [2.75, 3.05) is 6.54 Å². The highest BCUT2D eigenvalue weighted by molar-refractivity contribution is 5.98. The van der Waals surface area contributed by atoms with Crippen LogP contribution in [0.5, 0.6) is 0 Å². The summed E-state index contributed by atoms with van der Waals surface area (Å²) in [5.41, 5.74) is -3.86. The van der Waals surface area contributed by atoms with Gasteiger partial charge in [0.1, 0.15) is 5.56 Å². The number of carboxylic acid groups (broad SMARTS) is 1. The molecule has 132 valence electrons. The average Bonchev–Trinajstić information content (AvgIpc) is 2.45. The molecular formula is C14H15F3N2O5. The minimum Gasteiger partial charge on any atom is -0.481 e. The molecule has 1 aromatic carbocycles. The van der Waals surface area contributed by atoms with E-state index in [0.717, 1.165) is 6.07 Å². The summed E-state index contributed by atoms with van der Waals surface area (Å²) in [6, 6.07) is 1.58. The van der Waals surface area contributed by atoms with Crippen LogP contribution < -0.4 is 5.32 Å². The molecule has 0 unspecified atom stereocenters. The molecule has 0 aliphatic heterocycles. The fourth-order valence-electron chi connectivity index (χ4n) is 1.74. The van der Waals surface area contributed by atoms with Gasteiger partial charge in [-0.05, 0) is 32.4 Å². The molecule has 0 atom stereocenters. The summed E-state index contributed by atoms with van der Waals surface area (Å²) >= 11 is 0. The summed E-state index contributed by atoms with van der Waals surface area (Å²) in [5.74, 6) is -2.03. The lowest BCUT2D eigenvalue weighted by molar-refractivity contribution is -0.385. The van der Waals surface area contributed by atoms with Crippen LogP contribution in [-0.4, -0.2) is 28.5 Å². The number of nitro benzene ring substituents is 1. The van der Waals surface area contributed by atoms with E-state index < -0.39 is 45.2 Å². The third-order valence-corrected chi connectivity index (χ3v) is 3.38. The Morgan fingerprint density at radius 2 is 1.88 bits per heavy atom. The van der Waals surface area contributed by atoms with E-state index in [2.05, 4.69) is 5.32 Å². The first-order valence-corrected chi connectivity index (χ1v) is 6.73. The lowest BCUT2D eigenvalue weighted by atomic mass is 9.89. The molecule has 1 amide bonds. The molecule has 0 heterocycles. The zero-order valence-electron chi connectivity index (χ0n) is 12.8. The van der Waals surface area contributed by atoms with Gasteiger partial charge in [0.25, 0.3) is 11.6 Å². The molecule has 0 saturated heterocycles. The van der Waals surface area contributed by atoms with Crippen molar-refractivity contribution in [3.63, 3.8) is 0 Å². The van der Waals surface area contributed by atoms with Crippen molar-refractivity contribution in [2.24, 2.45) is 5.41 Å². The first-order chi connectivity index (χ1) is 10.9. The van der Waals surface area contributed by atoms with Gasteiger partial charge in [0, 0.05) is 12.6 Å². The van der Waals surface area contributed by atoms with E-state index in [1.54, 1.807) is 0 Å². The predicted octanol–water partition coefficient (Wildman–Crippen LogP) is 2.84. The molecule has 0 bridgehead atoms. The van der Waals surface area contributed by atoms with E-state index in [1.165, 1.54) is 13.8 Å². The molecule has 0 spiro atoms. The molecule has 0 aliphatic rings. The Morgan fingerprint density at radius 1 is 1.29 bits per heavy atom. The SMILES string of the molecule is CC(C)(CCNC(=O)c1ccc(C(F)(F)F)cc1[N+](=O)[O-])C(=O)O. The second-order valence-electron chi connectivity index (χ2n) is 5.68. The number of amides is 1. The number of carbonyl (C=O) groups is 2. The van der Waals surface area contributed by atoms with Crippen LogP contribution >= 0.6 is 0 Å².